The van der Waals surface area contributed by atoms with Crippen LogP contribution in [0.3, 0.4) is 0 Å². The Morgan fingerprint density at radius 1 is 1.25 bits per heavy atom. The molecule has 9 nitrogen and oxygen atoms in total. The van der Waals surface area contributed by atoms with Gasteiger partial charge in [0, 0.05) is 36.8 Å². The van der Waals surface area contributed by atoms with E-state index in [1.807, 2.05) is 19.1 Å². The average Bonchev–Trinajstić information content (AvgIpc) is 3.44. The summed E-state index contributed by atoms with van der Waals surface area (Å²) in [6, 6.07) is 8.94. The Hall–Kier alpha value is -4.21. The zero-order chi connectivity index (χ0) is 24.8. The molecule has 0 saturated heterocycles. The highest BCUT2D eigenvalue weighted by Gasteiger charge is 2.42. The number of halogens is 1. The fraction of sp³-hybridized carbons (Fsp3) is 0.308. The van der Waals surface area contributed by atoms with E-state index >= 15 is 0 Å². The minimum atomic E-state index is -0.536. The van der Waals surface area contributed by atoms with Crippen LogP contribution < -0.4 is 10.5 Å². The molecule has 1 amide bonds. The molecule has 0 spiro atoms. The van der Waals surface area contributed by atoms with E-state index in [0.717, 1.165) is 24.2 Å². The number of aromatic nitrogens is 4. The fourth-order valence-electron chi connectivity index (χ4n) is 4.75. The molecule has 1 aliphatic heterocycles. The largest absolute Gasteiger partial charge is 0.486 e. The normalized spacial score (nSPS) is 18.1. The Bertz CT molecular complexity index is 1410. The molecule has 184 valence electrons. The Kier molecular flexibility index (Phi) is 5.43. The summed E-state index contributed by atoms with van der Waals surface area (Å²) in [5.41, 5.74) is 9.08. The van der Waals surface area contributed by atoms with Crippen LogP contribution >= 0.6 is 0 Å². The summed E-state index contributed by atoms with van der Waals surface area (Å²) in [6.07, 6.45) is 5.29. The van der Waals surface area contributed by atoms with Crippen molar-refractivity contribution in [2.75, 3.05) is 12.3 Å². The number of fused-ring (bicyclic) bond motifs is 1. The number of nitrogen functional groups attached to an aromatic ring is 1. The highest BCUT2D eigenvalue weighted by molar-refractivity contribution is 5.93. The molecule has 0 bridgehead atoms. The number of ether oxygens (including phenoxy) is 1. The number of H-pyrrole nitrogens is 1. The number of carbonyl (C=O) groups is 1. The second kappa shape index (κ2) is 8.78. The van der Waals surface area contributed by atoms with Crippen LogP contribution in [0.25, 0.3) is 11.6 Å². The summed E-state index contributed by atoms with van der Waals surface area (Å²) in [4.78, 5) is 32.4. The number of rotatable bonds is 6. The van der Waals surface area contributed by atoms with E-state index in [1.54, 1.807) is 23.5 Å². The molecule has 2 aliphatic rings. The number of aromatic amines is 1. The van der Waals surface area contributed by atoms with Crippen molar-refractivity contribution in [2.24, 2.45) is 0 Å². The van der Waals surface area contributed by atoms with Crippen LogP contribution in [0.5, 0.6) is 5.75 Å². The van der Waals surface area contributed by atoms with Crippen LogP contribution in [0.1, 0.15) is 59.4 Å². The van der Waals surface area contributed by atoms with Crippen molar-refractivity contribution in [1.29, 1.82) is 0 Å². The van der Waals surface area contributed by atoms with E-state index in [-0.39, 0.29) is 23.3 Å². The van der Waals surface area contributed by atoms with Gasteiger partial charge < -0.3 is 24.8 Å². The molecule has 1 aromatic carbocycles. The molecule has 2 atom stereocenters. The zero-order valence-corrected chi connectivity index (χ0v) is 19.6. The maximum atomic E-state index is 14.0. The van der Waals surface area contributed by atoms with Crippen LogP contribution in [0, 0.1) is 5.82 Å². The number of hydrogen-bond donors (Lipinski definition) is 2. The lowest BCUT2D eigenvalue weighted by atomic mass is 9.97. The van der Waals surface area contributed by atoms with Crippen LogP contribution in [0.2, 0.25) is 0 Å². The molecule has 6 rings (SSSR count). The van der Waals surface area contributed by atoms with Gasteiger partial charge in [0.25, 0.3) is 5.91 Å². The van der Waals surface area contributed by atoms with Gasteiger partial charge in [-0.15, -0.1) is 0 Å². The first kappa shape index (κ1) is 22.3. The topological polar surface area (TPSA) is 123 Å². The molecule has 3 N–H and O–H groups in total. The minimum absolute atomic E-state index is 0.184. The summed E-state index contributed by atoms with van der Waals surface area (Å²) < 4.78 is 25.8. The molecule has 0 radical (unpaired) electrons. The van der Waals surface area contributed by atoms with Crippen molar-refractivity contribution in [3.05, 3.63) is 77.6 Å². The summed E-state index contributed by atoms with van der Waals surface area (Å²) in [6.45, 7) is 2.29. The summed E-state index contributed by atoms with van der Waals surface area (Å²) in [5.74, 6) is 0.386. The van der Waals surface area contributed by atoms with Gasteiger partial charge in [0.05, 0.1) is 23.4 Å². The van der Waals surface area contributed by atoms with E-state index in [0.29, 0.717) is 36.0 Å². The predicted molar refractivity (Wildman–Crippen MR) is 129 cm³/mol. The molecular formula is C26H25FN6O3. The van der Waals surface area contributed by atoms with E-state index in [2.05, 4.69) is 19.9 Å². The second-order valence-electron chi connectivity index (χ2n) is 9.19. The number of anilines is 1. The van der Waals surface area contributed by atoms with Gasteiger partial charge in [-0.3, -0.25) is 9.78 Å². The van der Waals surface area contributed by atoms with Crippen LogP contribution in [-0.4, -0.2) is 43.4 Å². The van der Waals surface area contributed by atoms with Gasteiger partial charge in [0.2, 0.25) is 11.7 Å². The van der Waals surface area contributed by atoms with E-state index in [1.165, 1.54) is 18.2 Å². The third kappa shape index (κ3) is 3.98. The molecule has 1 aliphatic carbocycles. The molecule has 10 heteroatoms. The monoisotopic (exact) mass is 488 g/mol. The Labute approximate surface area is 206 Å². The van der Waals surface area contributed by atoms with Crippen molar-refractivity contribution < 1.29 is 18.3 Å². The van der Waals surface area contributed by atoms with Gasteiger partial charge in [-0.05, 0) is 44.0 Å². The van der Waals surface area contributed by atoms with Gasteiger partial charge in [-0.25, -0.2) is 14.4 Å². The number of carbonyl (C=O) groups excluding carboxylic acids is 1. The van der Waals surface area contributed by atoms with Crippen molar-refractivity contribution in [3.8, 4) is 17.3 Å². The number of oxazole rings is 1. The average molecular weight is 489 g/mol. The fourth-order valence-corrected chi connectivity index (χ4v) is 4.75. The highest BCUT2D eigenvalue weighted by atomic mass is 19.1. The van der Waals surface area contributed by atoms with Gasteiger partial charge in [-0.1, -0.05) is 6.07 Å². The van der Waals surface area contributed by atoms with Gasteiger partial charge in [-0.2, -0.15) is 0 Å². The molecule has 1 fully saturated rings. The Morgan fingerprint density at radius 3 is 2.86 bits per heavy atom. The summed E-state index contributed by atoms with van der Waals surface area (Å²) in [5, 5.41) is 0. The number of pyridine rings is 1. The number of amides is 1. The van der Waals surface area contributed by atoms with Crippen molar-refractivity contribution in [1.82, 2.24) is 24.8 Å². The van der Waals surface area contributed by atoms with Gasteiger partial charge >= 0.3 is 0 Å². The quantitative estimate of drug-likeness (QED) is 0.389. The number of nitrogens with two attached hydrogens (primary N) is 1. The molecule has 3 aromatic heterocycles. The molecule has 4 aromatic rings. The third-order valence-electron chi connectivity index (χ3n) is 6.66. The molecule has 1 unspecified atom stereocenters. The van der Waals surface area contributed by atoms with Crippen LogP contribution in [-0.2, 0) is 6.42 Å². The first-order valence-electron chi connectivity index (χ1n) is 12.0. The minimum Gasteiger partial charge on any atom is -0.486 e. The highest BCUT2D eigenvalue weighted by Crippen LogP contribution is 2.43. The molecular weight excluding hydrogens is 463 g/mol. The Morgan fingerprint density at radius 2 is 2.11 bits per heavy atom. The van der Waals surface area contributed by atoms with Crippen molar-refractivity contribution in [2.45, 2.75) is 44.2 Å². The van der Waals surface area contributed by atoms with Crippen molar-refractivity contribution >= 4 is 11.6 Å². The molecule has 4 heterocycles. The number of benzene rings is 1. The third-order valence-corrected chi connectivity index (χ3v) is 6.66. The summed E-state index contributed by atoms with van der Waals surface area (Å²) >= 11 is 0. The van der Waals surface area contributed by atoms with E-state index in [9.17, 15) is 9.18 Å². The molecule has 1 saturated carbocycles. The van der Waals surface area contributed by atoms with E-state index in [4.69, 9.17) is 14.9 Å². The van der Waals surface area contributed by atoms with Crippen LogP contribution in [0.4, 0.5) is 10.1 Å². The maximum absolute atomic E-state index is 14.0. The SMILES string of the molecule is CC(Oc1ccc(F)cc1N)[C@@H]1c2nc[nH]c2CCN1C(=O)c1oc(-c2ccccn2)nc1C1CC1. The smallest absolute Gasteiger partial charge is 0.292 e. The predicted octanol–water partition coefficient (Wildman–Crippen LogP) is 4.27. The zero-order valence-electron chi connectivity index (χ0n) is 19.6. The number of nitrogens with zero attached hydrogens (tertiary/aromatic N) is 4. The maximum Gasteiger partial charge on any atom is 0.292 e. The second-order valence-corrected chi connectivity index (χ2v) is 9.19. The Balaban J connectivity index is 1.36. The van der Waals surface area contributed by atoms with Crippen molar-refractivity contribution in [3.63, 3.8) is 0 Å². The van der Waals surface area contributed by atoms with E-state index < -0.39 is 18.0 Å². The lowest BCUT2D eigenvalue weighted by Crippen LogP contribution is -2.46. The van der Waals surface area contributed by atoms with Gasteiger partial charge in [0.1, 0.15) is 29.4 Å². The lowest BCUT2D eigenvalue weighted by molar-refractivity contribution is 0.0401. The standard InChI is InChI=1S/C26H25FN6O3/c1-14(35-20-8-7-16(27)12-17(20)28)23-22-18(30-13-31-22)9-11-33(23)26(34)24-21(15-5-6-15)32-25(36-24)19-4-2-3-10-29-19/h2-4,7-8,10,12-15,23H,5-6,9,11,28H2,1H3,(H,30,31)/t14?,23-/m1/s1. The molecule has 36 heavy (non-hydrogen) atoms. The van der Waals surface area contributed by atoms with Crippen LogP contribution in [0.15, 0.2) is 53.3 Å². The number of imidazole rings is 1. The summed E-state index contributed by atoms with van der Waals surface area (Å²) in [7, 11) is 0. The first-order valence-corrected chi connectivity index (χ1v) is 12.0. The lowest BCUT2D eigenvalue weighted by Gasteiger charge is -2.38. The number of hydrogen-bond acceptors (Lipinski definition) is 7. The van der Waals surface area contributed by atoms with Gasteiger partial charge in [0.15, 0.2) is 0 Å². The first-order chi connectivity index (χ1) is 17.5. The number of nitrogens with one attached hydrogen (secondary N) is 1.